The number of rotatable bonds is 6. The largest absolute Gasteiger partial charge is 0.490 e. The van der Waals surface area contributed by atoms with E-state index in [1.165, 1.54) is 12.1 Å². The lowest BCUT2D eigenvalue weighted by molar-refractivity contribution is 0.0696. The number of hydrogen-bond acceptors (Lipinski definition) is 3. The first kappa shape index (κ1) is 16.8. The lowest BCUT2D eigenvalue weighted by Gasteiger charge is -2.14. The van der Waals surface area contributed by atoms with Gasteiger partial charge in [-0.2, -0.15) is 0 Å². The molecular weight excluding hydrogens is 416 g/mol. The van der Waals surface area contributed by atoms with Gasteiger partial charge in [-0.3, -0.25) is 0 Å². The Kier molecular flexibility index (Phi) is 5.85. The Balaban J connectivity index is 2.27. The van der Waals surface area contributed by atoms with Crippen LogP contribution in [0.2, 0.25) is 0 Å². The molecule has 1 N–H and O–H groups in total. The maximum absolute atomic E-state index is 11.1. The summed E-state index contributed by atoms with van der Waals surface area (Å²) in [5.74, 6) is -0.115. The normalized spacial score (nSPS) is 10.3. The Hall–Kier alpha value is -1.53. The Morgan fingerprint density at radius 3 is 2.59 bits per heavy atom. The number of carboxylic acids is 1. The second-order valence-electron chi connectivity index (χ2n) is 4.44. The number of benzene rings is 2. The van der Waals surface area contributed by atoms with Gasteiger partial charge >= 0.3 is 5.97 Å². The minimum absolute atomic E-state index is 0.144. The van der Waals surface area contributed by atoms with Gasteiger partial charge < -0.3 is 14.6 Å². The van der Waals surface area contributed by atoms with Crippen LogP contribution in [0.1, 0.15) is 22.8 Å². The molecule has 4 nitrogen and oxygen atoms in total. The molecule has 0 amide bonds. The van der Waals surface area contributed by atoms with Crippen molar-refractivity contribution in [1.82, 2.24) is 0 Å². The topological polar surface area (TPSA) is 55.8 Å². The fourth-order valence-corrected chi connectivity index (χ4v) is 2.88. The molecule has 0 unspecified atom stereocenters. The van der Waals surface area contributed by atoms with Gasteiger partial charge in [-0.15, -0.1) is 0 Å². The second kappa shape index (κ2) is 7.65. The summed E-state index contributed by atoms with van der Waals surface area (Å²) in [6.07, 6.45) is 0. The van der Waals surface area contributed by atoms with Crippen molar-refractivity contribution in [3.63, 3.8) is 0 Å². The van der Waals surface area contributed by atoms with Gasteiger partial charge in [0.2, 0.25) is 0 Å². The quantitative estimate of drug-likeness (QED) is 0.710. The molecule has 0 saturated heterocycles. The van der Waals surface area contributed by atoms with Gasteiger partial charge in [-0.25, -0.2) is 4.79 Å². The Morgan fingerprint density at radius 1 is 1.18 bits per heavy atom. The van der Waals surface area contributed by atoms with Crippen molar-refractivity contribution in [2.24, 2.45) is 0 Å². The number of ether oxygens (including phenoxy) is 2. The number of carboxylic acid groups (broad SMARTS) is 1. The number of carbonyl (C=O) groups is 1. The van der Waals surface area contributed by atoms with Crippen LogP contribution >= 0.6 is 31.9 Å². The Labute approximate surface area is 145 Å². The fraction of sp³-hybridized carbons (Fsp3) is 0.188. The third-order valence-corrected chi connectivity index (χ3v) is 3.91. The maximum atomic E-state index is 11.1. The van der Waals surface area contributed by atoms with Crippen molar-refractivity contribution < 1.29 is 19.4 Å². The zero-order chi connectivity index (χ0) is 16.1. The molecule has 0 radical (unpaired) electrons. The Bertz CT molecular complexity index is 686. The zero-order valence-electron chi connectivity index (χ0n) is 11.8. The van der Waals surface area contributed by atoms with Crippen LogP contribution in [0, 0.1) is 0 Å². The highest BCUT2D eigenvalue weighted by atomic mass is 79.9. The average Bonchev–Trinajstić information content (AvgIpc) is 2.46. The van der Waals surface area contributed by atoms with E-state index < -0.39 is 5.97 Å². The van der Waals surface area contributed by atoms with Gasteiger partial charge in [-0.1, -0.05) is 28.1 Å². The standard InChI is InChI=1S/C16H14Br2O4/c1-2-21-14-8-11(16(19)20)7-13(18)15(14)22-9-10-4-3-5-12(17)6-10/h3-8H,2,9H2,1H3,(H,19,20). The summed E-state index contributed by atoms with van der Waals surface area (Å²) >= 11 is 6.76. The summed E-state index contributed by atoms with van der Waals surface area (Å²) in [6, 6.07) is 10.7. The summed E-state index contributed by atoms with van der Waals surface area (Å²) in [5.41, 5.74) is 1.14. The van der Waals surface area contributed by atoms with Crippen LogP contribution in [0.15, 0.2) is 45.3 Å². The van der Waals surface area contributed by atoms with Crippen molar-refractivity contribution in [2.75, 3.05) is 6.61 Å². The van der Waals surface area contributed by atoms with Crippen LogP contribution in [-0.4, -0.2) is 17.7 Å². The van der Waals surface area contributed by atoms with E-state index >= 15 is 0 Å². The van der Waals surface area contributed by atoms with Crippen molar-refractivity contribution in [2.45, 2.75) is 13.5 Å². The van der Waals surface area contributed by atoms with E-state index in [4.69, 9.17) is 14.6 Å². The van der Waals surface area contributed by atoms with E-state index in [0.717, 1.165) is 10.0 Å². The summed E-state index contributed by atoms with van der Waals surface area (Å²) < 4.78 is 12.8. The smallest absolute Gasteiger partial charge is 0.335 e. The summed E-state index contributed by atoms with van der Waals surface area (Å²) in [5, 5.41) is 9.11. The highest BCUT2D eigenvalue weighted by Crippen LogP contribution is 2.37. The van der Waals surface area contributed by atoms with Crippen LogP contribution < -0.4 is 9.47 Å². The zero-order valence-corrected chi connectivity index (χ0v) is 15.0. The van der Waals surface area contributed by atoms with Gasteiger partial charge in [0.05, 0.1) is 16.6 Å². The predicted molar refractivity (Wildman–Crippen MR) is 90.7 cm³/mol. The minimum Gasteiger partial charge on any atom is -0.490 e. The number of hydrogen-bond donors (Lipinski definition) is 1. The van der Waals surface area contributed by atoms with Gasteiger partial charge in [0.1, 0.15) is 6.61 Å². The molecule has 0 aliphatic carbocycles. The molecule has 2 rings (SSSR count). The van der Waals surface area contributed by atoms with Gasteiger partial charge in [0, 0.05) is 4.47 Å². The maximum Gasteiger partial charge on any atom is 0.335 e. The van der Waals surface area contributed by atoms with Crippen molar-refractivity contribution in [3.8, 4) is 11.5 Å². The van der Waals surface area contributed by atoms with Crippen molar-refractivity contribution >= 4 is 37.8 Å². The van der Waals surface area contributed by atoms with Crippen LogP contribution in [0.25, 0.3) is 0 Å². The highest BCUT2D eigenvalue weighted by Gasteiger charge is 2.15. The van der Waals surface area contributed by atoms with E-state index in [1.54, 1.807) is 0 Å². The first-order valence-electron chi connectivity index (χ1n) is 6.58. The summed E-state index contributed by atoms with van der Waals surface area (Å²) in [6.45, 7) is 2.60. The van der Waals surface area contributed by atoms with E-state index in [0.29, 0.717) is 29.2 Å². The monoisotopic (exact) mass is 428 g/mol. The number of aromatic carboxylic acids is 1. The summed E-state index contributed by atoms with van der Waals surface area (Å²) in [7, 11) is 0. The minimum atomic E-state index is -1.01. The van der Waals surface area contributed by atoms with Crippen molar-refractivity contribution in [3.05, 3.63) is 56.5 Å². The predicted octanol–water partition coefficient (Wildman–Crippen LogP) is 4.89. The van der Waals surface area contributed by atoms with E-state index in [1.807, 2.05) is 31.2 Å². The molecule has 0 aliphatic heterocycles. The molecule has 22 heavy (non-hydrogen) atoms. The van der Waals surface area contributed by atoms with Crippen LogP contribution in [-0.2, 0) is 6.61 Å². The lowest BCUT2D eigenvalue weighted by atomic mass is 10.2. The molecule has 0 atom stereocenters. The van der Waals surface area contributed by atoms with E-state index in [9.17, 15) is 4.79 Å². The molecule has 0 aliphatic rings. The Morgan fingerprint density at radius 2 is 1.95 bits per heavy atom. The molecule has 2 aromatic rings. The molecule has 116 valence electrons. The molecule has 0 fully saturated rings. The van der Waals surface area contributed by atoms with Gasteiger partial charge in [-0.05, 0) is 52.7 Å². The van der Waals surface area contributed by atoms with Gasteiger partial charge in [0.25, 0.3) is 0 Å². The molecular formula is C16H14Br2O4. The third kappa shape index (κ3) is 4.24. The molecule has 0 aromatic heterocycles. The third-order valence-electron chi connectivity index (χ3n) is 2.83. The highest BCUT2D eigenvalue weighted by molar-refractivity contribution is 9.10. The molecule has 2 aromatic carbocycles. The van der Waals surface area contributed by atoms with Crippen molar-refractivity contribution in [1.29, 1.82) is 0 Å². The fourth-order valence-electron chi connectivity index (χ4n) is 1.88. The SMILES string of the molecule is CCOc1cc(C(=O)O)cc(Br)c1OCc1cccc(Br)c1. The molecule has 6 heteroatoms. The average molecular weight is 430 g/mol. The molecule has 0 spiro atoms. The lowest BCUT2D eigenvalue weighted by Crippen LogP contribution is -2.03. The molecule has 0 bridgehead atoms. The van der Waals surface area contributed by atoms with Crippen LogP contribution in [0.3, 0.4) is 0 Å². The van der Waals surface area contributed by atoms with E-state index in [-0.39, 0.29) is 5.56 Å². The summed E-state index contributed by atoms with van der Waals surface area (Å²) in [4.78, 5) is 11.1. The molecule has 0 heterocycles. The first-order chi connectivity index (χ1) is 10.5. The molecule has 0 saturated carbocycles. The second-order valence-corrected chi connectivity index (χ2v) is 6.21. The number of halogens is 2. The van der Waals surface area contributed by atoms with Crippen LogP contribution in [0.4, 0.5) is 0 Å². The van der Waals surface area contributed by atoms with E-state index in [2.05, 4.69) is 31.9 Å². The first-order valence-corrected chi connectivity index (χ1v) is 8.16. The van der Waals surface area contributed by atoms with Crippen LogP contribution in [0.5, 0.6) is 11.5 Å². The van der Waals surface area contributed by atoms with Gasteiger partial charge in [0.15, 0.2) is 11.5 Å².